The van der Waals surface area contributed by atoms with Crippen LogP contribution in [0, 0.1) is 24.2 Å². The molecule has 1 aliphatic heterocycles. The molecule has 1 saturated carbocycles. The van der Waals surface area contributed by atoms with Gasteiger partial charge in [0.2, 0.25) is 0 Å². The summed E-state index contributed by atoms with van der Waals surface area (Å²) >= 11 is 0. The molecule has 2 bridgehead atoms. The number of hydrogen-bond acceptors (Lipinski definition) is 6. The predicted octanol–water partition coefficient (Wildman–Crippen LogP) is 3.40. The molecule has 5 rings (SSSR count). The second kappa shape index (κ2) is 9.16. The van der Waals surface area contributed by atoms with E-state index in [-0.39, 0.29) is 0 Å². The summed E-state index contributed by atoms with van der Waals surface area (Å²) in [5.74, 6) is 3.81. The molecule has 0 radical (unpaired) electrons. The SMILES string of the molecule is Cc1cc(N2CCN(CC(O)COCC3=CCC4CC3C4(C)C)CC2)nc(C(C)C)n1. The number of aryl methyl sites for hydroxylation is 1. The maximum absolute atomic E-state index is 10.5. The van der Waals surface area contributed by atoms with Crippen molar-refractivity contribution in [2.24, 2.45) is 17.3 Å². The number of fused-ring (bicyclic) bond motifs is 1. The lowest BCUT2D eigenvalue weighted by Crippen LogP contribution is -2.50. The normalized spacial score (nSPS) is 26.5. The van der Waals surface area contributed by atoms with E-state index in [1.807, 2.05) is 6.92 Å². The molecule has 6 heteroatoms. The van der Waals surface area contributed by atoms with Crippen LogP contribution >= 0.6 is 0 Å². The van der Waals surface area contributed by atoms with Crippen molar-refractivity contribution < 1.29 is 9.84 Å². The van der Waals surface area contributed by atoms with Crippen molar-refractivity contribution in [3.05, 3.63) is 29.2 Å². The summed E-state index contributed by atoms with van der Waals surface area (Å²) in [5.41, 5.74) is 2.91. The van der Waals surface area contributed by atoms with E-state index in [1.54, 1.807) is 0 Å². The third-order valence-electron chi connectivity index (χ3n) is 7.70. The molecule has 31 heavy (non-hydrogen) atoms. The van der Waals surface area contributed by atoms with Crippen LogP contribution in [0.25, 0.3) is 0 Å². The Labute approximate surface area is 187 Å². The van der Waals surface area contributed by atoms with Gasteiger partial charge < -0.3 is 14.7 Å². The number of hydrogen-bond donors (Lipinski definition) is 1. The van der Waals surface area contributed by atoms with Crippen LogP contribution in [0.5, 0.6) is 0 Å². The van der Waals surface area contributed by atoms with Crippen LogP contribution in [0.15, 0.2) is 17.7 Å². The number of aliphatic hydroxyl groups excluding tert-OH is 1. The lowest BCUT2D eigenvalue weighted by molar-refractivity contribution is -0.0262. The zero-order chi connectivity index (χ0) is 22.2. The first-order chi connectivity index (χ1) is 14.7. The fraction of sp³-hybridized carbons (Fsp3) is 0.760. The van der Waals surface area contributed by atoms with Gasteiger partial charge in [0.1, 0.15) is 11.6 Å². The van der Waals surface area contributed by atoms with E-state index in [9.17, 15) is 5.11 Å². The van der Waals surface area contributed by atoms with E-state index in [4.69, 9.17) is 9.72 Å². The second-order valence-corrected chi connectivity index (χ2v) is 10.7. The molecule has 2 fully saturated rings. The number of piperazine rings is 1. The molecular formula is C25H40N4O2. The standard InChI is InChI=1S/C25H40N4O2/c1-17(2)24-26-18(3)12-23(27-24)29-10-8-28(9-11-29)14-21(30)16-31-15-19-6-7-20-13-22(19)25(20,4)5/h6,12,17,20-22,30H,7-11,13-16H2,1-5H3. The largest absolute Gasteiger partial charge is 0.389 e. The van der Waals surface area contributed by atoms with Gasteiger partial charge in [0, 0.05) is 50.4 Å². The minimum absolute atomic E-state index is 0.330. The van der Waals surface area contributed by atoms with Gasteiger partial charge in [0.25, 0.3) is 0 Å². The Morgan fingerprint density at radius 1 is 1.19 bits per heavy atom. The molecular weight excluding hydrogens is 388 g/mol. The number of anilines is 1. The van der Waals surface area contributed by atoms with Crippen molar-refractivity contribution in [1.29, 1.82) is 0 Å². The minimum atomic E-state index is -0.438. The van der Waals surface area contributed by atoms with Crippen molar-refractivity contribution in [3.63, 3.8) is 0 Å². The van der Waals surface area contributed by atoms with Gasteiger partial charge in [-0.1, -0.05) is 33.8 Å². The Morgan fingerprint density at radius 3 is 2.58 bits per heavy atom. The average Bonchev–Trinajstić information content (AvgIpc) is 2.73. The summed E-state index contributed by atoms with van der Waals surface area (Å²) in [6, 6.07) is 2.08. The van der Waals surface area contributed by atoms with E-state index < -0.39 is 6.10 Å². The number of β-amino-alcohol motifs (C(OH)–C–C–N with tert-alkyl or cyclic N) is 1. The lowest BCUT2D eigenvalue weighted by atomic mass is 9.49. The average molecular weight is 429 g/mol. The van der Waals surface area contributed by atoms with Crippen molar-refractivity contribution in [1.82, 2.24) is 14.9 Å². The van der Waals surface area contributed by atoms with Gasteiger partial charge in [-0.3, -0.25) is 4.90 Å². The summed E-state index contributed by atoms with van der Waals surface area (Å²) in [5, 5.41) is 10.5. The first-order valence-electron chi connectivity index (χ1n) is 12.0. The molecule has 3 unspecified atom stereocenters. The highest BCUT2D eigenvalue weighted by Gasteiger charge is 2.50. The van der Waals surface area contributed by atoms with Gasteiger partial charge in [0.15, 0.2) is 0 Å². The number of aromatic nitrogens is 2. The van der Waals surface area contributed by atoms with Gasteiger partial charge in [-0.2, -0.15) is 0 Å². The molecule has 1 saturated heterocycles. The third-order valence-corrected chi connectivity index (χ3v) is 7.70. The quantitative estimate of drug-likeness (QED) is 0.641. The molecule has 2 heterocycles. The Bertz CT molecular complexity index is 799. The summed E-state index contributed by atoms with van der Waals surface area (Å²) in [6.45, 7) is 16.6. The monoisotopic (exact) mass is 428 g/mol. The first-order valence-corrected chi connectivity index (χ1v) is 12.0. The Morgan fingerprint density at radius 2 is 1.94 bits per heavy atom. The van der Waals surface area contributed by atoms with Crippen LogP contribution in [0.3, 0.4) is 0 Å². The highest BCUT2D eigenvalue weighted by atomic mass is 16.5. The number of rotatable bonds is 8. The lowest BCUT2D eigenvalue weighted by Gasteiger charge is -2.56. The van der Waals surface area contributed by atoms with Crippen LogP contribution in [0.2, 0.25) is 0 Å². The van der Waals surface area contributed by atoms with Crippen LogP contribution < -0.4 is 4.90 Å². The topological polar surface area (TPSA) is 61.7 Å². The summed E-state index contributed by atoms with van der Waals surface area (Å²) in [7, 11) is 0. The van der Waals surface area contributed by atoms with Gasteiger partial charge in [-0.05, 0) is 42.6 Å². The summed E-state index contributed by atoms with van der Waals surface area (Å²) < 4.78 is 5.93. The predicted molar refractivity (Wildman–Crippen MR) is 124 cm³/mol. The zero-order valence-corrected chi connectivity index (χ0v) is 20.0. The van der Waals surface area contributed by atoms with E-state index in [0.29, 0.717) is 37.0 Å². The van der Waals surface area contributed by atoms with Crippen LogP contribution in [-0.4, -0.2) is 72.0 Å². The smallest absolute Gasteiger partial charge is 0.133 e. The Balaban J connectivity index is 1.19. The first kappa shape index (κ1) is 22.7. The molecule has 0 amide bonds. The third kappa shape index (κ3) is 4.96. The van der Waals surface area contributed by atoms with Crippen LogP contribution in [-0.2, 0) is 4.74 Å². The molecule has 6 nitrogen and oxygen atoms in total. The van der Waals surface area contributed by atoms with Gasteiger partial charge in [-0.25, -0.2) is 9.97 Å². The minimum Gasteiger partial charge on any atom is -0.389 e. The fourth-order valence-corrected chi connectivity index (χ4v) is 5.46. The molecule has 3 aliphatic carbocycles. The second-order valence-electron chi connectivity index (χ2n) is 10.7. The van der Waals surface area contributed by atoms with E-state index in [1.165, 1.54) is 18.4 Å². The molecule has 1 aromatic heterocycles. The van der Waals surface area contributed by atoms with E-state index in [0.717, 1.165) is 49.4 Å². The number of nitrogens with zero attached hydrogens (tertiary/aromatic N) is 4. The van der Waals surface area contributed by atoms with Crippen LogP contribution in [0.4, 0.5) is 5.82 Å². The summed E-state index contributed by atoms with van der Waals surface area (Å²) in [6.07, 6.45) is 4.46. The van der Waals surface area contributed by atoms with Crippen molar-refractivity contribution in [2.45, 2.75) is 59.5 Å². The highest BCUT2D eigenvalue weighted by Crippen LogP contribution is 2.59. The highest BCUT2D eigenvalue weighted by molar-refractivity contribution is 5.40. The summed E-state index contributed by atoms with van der Waals surface area (Å²) in [4.78, 5) is 14.0. The molecule has 0 spiro atoms. The maximum atomic E-state index is 10.5. The van der Waals surface area contributed by atoms with Crippen molar-refractivity contribution in [2.75, 3.05) is 50.8 Å². The fourth-order valence-electron chi connectivity index (χ4n) is 5.46. The molecule has 3 atom stereocenters. The number of allylic oxidation sites excluding steroid dienone is 1. The Kier molecular flexibility index (Phi) is 6.71. The maximum Gasteiger partial charge on any atom is 0.133 e. The van der Waals surface area contributed by atoms with Crippen molar-refractivity contribution in [3.8, 4) is 0 Å². The number of aliphatic hydroxyl groups is 1. The molecule has 1 N–H and O–H groups in total. The Hall–Kier alpha value is -1.50. The van der Waals surface area contributed by atoms with Gasteiger partial charge >= 0.3 is 0 Å². The molecule has 172 valence electrons. The zero-order valence-electron chi connectivity index (χ0n) is 20.0. The van der Waals surface area contributed by atoms with Crippen molar-refractivity contribution >= 4 is 5.82 Å². The molecule has 0 aromatic carbocycles. The van der Waals surface area contributed by atoms with Gasteiger partial charge in [0.05, 0.1) is 19.3 Å². The van der Waals surface area contributed by atoms with E-state index in [2.05, 4.69) is 54.6 Å². The molecule has 1 aromatic rings. The van der Waals surface area contributed by atoms with E-state index >= 15 is 0 Å². The molecule has 4 aliphatic rings. The number of ether oxygens (including phenoxy) is 1. The van der Waals surface area contributed by atoms with Gasteiger partial charge in [-0.15, -0.1) is 0 Å². The van der Waals surface area contributed by atoms with Crippen LogP contribution in [0.1, 0.15) is 58.0 Å².